The molecule has 21 heavy (non-hydrogen) atoms. The third-order valence-corrected chi connectivity index (χ3v) is 4.52. The van der Waals surface area contributed by atoms with Gasteiger partial charge in [0.15, 0.2) is 0 Å². The maximum Gasteiger partial charge on any atom is 0.273 e. The monoisotopic (exact) mass is 320 g/mol. The normalized spacial score (nSPS) is 12.4. The molecule has 0 saturated carbocycles. The number of rotatable bonds is 7. The van der Waals surface area contributed by atoms with E-state index in [0.29, 0.717) is 0 Å². The summed E-state index contributed by atoms with van der Waals surface area (Å²) in [5.74, 6) is 0. The number of sulfonamides is 1. The second kappa shape index (κ2) is 6.45. The molecule has 0 aliphatic heterocycles. The maximum absolute atomic E-state index is 12.1. The SMILES string of the molecule is Cc1ccc(S(=O)(=O)NC(CO)(CO)CO)cc1[N+](=O)[O-]. The van der Waals surface area contributed by atoms with Crippen molar-refractivity contribution in [3.8, 4) is 0 Å². The molecule has 0 aliphatic rings. The van der Waals surface area contributed by atoms with E-state index in [2.05, 4.69) is 0 Å². The van der Waals surface area contributed by atoms with Gasteiger partial charge in [-0.2, -0.15) is 4.72 Å². The molecule has 0 aromatic heterocycles. The van der Waals surface area contributed by atoms with Gasteiger partial charge in [0.2, 0.25) is 10.0 Å². The van der Waals surface area contributed by atoms with Crippen LogP contribution in [0.3, 0.4) is 0 Å². The van der Waals surface area contributed by atoms with Crippen LogP contribution in [0.5, 0.6) is 0 Å². The number of aliphatic hydroxyl groups excluding tert-OH is 3. The number of nitrogens with one attached hydrogen (secondary N) is 1. The van der Waals surface area contributed by atoms with E-state index in [4.69, 9.17) is 15.3 Å². The highest BCUT2D eigenvalue weighted by molar-refractivity contribution is 7.89. The highest BCUT2D eigenvalue weighted by Crippen LogP contribution is 2.23. The fourth-order valence-corrected chi connectivity index (χ4v) is 2.94. The van der Waals surface area contributed by atoms with Gasteiger partial charge in [-0.3, -0.25) is 10.1 Å². The van der Waals surface area contributed by atoms with Crippen molar-refractivity contribution in [2.75, 3.05) is 19.8 Å². The van der Waals surface area contributed by atoms with Gasteiger partial charge in [0.1, 0.15) is 5.54 Å². The third-order valence-electron chi connectivity index (χ3n) is 2.95. The molecule has 0 saturated heterocycles. The molecular weight excluding hydrogens is 304 g/mol. The minimum Gasteiger partial charge on any atom is -0.394 e. The predicted octanol–water partition coefficient (Wildman–Crippen LogP) is -1.10. The number of aryl methyl sites for hydroxylation is 1. The zero-order valence-electron chi connectivity index (χ0n) is 11.2. The van der Waals surface area contributed by atoms with Gasteiger partial charge >= 0.3 is 0 Å². The smallest absolute Gasteiger partial charge is 0.273 e. The summed E-state index contributed by atoms with van der Waals surface area (Å²) in [7, 11) is -4.26. The van der Waals surface area contributed by atoms with E-state index >= 15 is 0 Å². The quantitative estimate of drug-likeness (QED) is 0.368. The number of nitro groups is 1. The first-order chi connectivity index (χ1) is 9.71. The standard InChI is InChI=1S/C11H16N2O7S/c1-8-2-3-9(4-10(8)13(17)18)21(19,20)12-11(5-14,6-15)7-16/h2-4,12,14-16H,5-7H2,1H3. The summed E-state index contributed by atoms with van der Waals surface area (Å²) in [6.45, 7) is -1.06. The highest BCUT2D eigenvalue weighted by atomic mass is 32.2. The van der Waals surface area contributed by atoms with Gasteiger partial charge in [-0.1, -0.05) is 6.07 Å². The van der Waals surface area contributed by atoms with E-state index in [9.17, 15) is 18.5 Å². The highest BCUT2D eigenvalue weighted by Gasteiger charge is 2.34. The van der Waals surface area contributed by atoms with Crippen LogP contribution in [0, 0.1) is 17.0 Å². The van der Waals surface area contributed by atoms with Crippen LogP contribution in [-0.4, -0.2) is 54.0 Å². The minimum absolute atomic E-state index is 0.289. The van der Waals surface area contributed by atoms with Crippen LogP contribution >= 0.6 is 0 Å². The van der Waals surface area contributed by atoms with Gasteiger partial charge in [0.25, 0.3) is 5.69 Å². The zero-order chi connectivity index (χ0) is 16.3. The lowest BCUT2D eigenvalue weighted by molar-refractivity contribution is -0.385. The molecule has 0 fully saturated rings. The number of nitro benzene ring substituents is 1. The predicted molar refractivity (Wildman–Crippen MR) is 72.1 cm³/mol. The van der Waals surface area contributed by atoms with Gasteiger partial charge < -0.3 is 15.3 Å². The summed E-state index contributed by atoms with van der Waals surface area (Å²) in [6, 6.07) is 3.29. The van der Waals surface area contributed by atoms with Crippen molar-refractivity contribution in [3.05, 3.63) is 33.9 Å². The Bertz CT molecular complexity index is 617. The van der Waals surface area contributed by atoms with Gasteiger partial charge in [-0.25, -0.2) is 8.42 Å². The van der Waals surface area contributed by atoms with Crippen molar-refractivity contribution in [1.29, 1.82) is 0 Å². The number of benzene rings is 1. The Kier molecular flexibility index (Phi) is 5.36. The second-order valence-electron chi connectivity index (χ2n) is 4.57. The van der Waals surface area contributed by atoms with Crippen LogP contribution in [0.15, 0.2) is 23.1 Å². The summed E-state index contributed by atoms with van der Waals surface area (Å²) in [5, 5.41) is 38.2. The first kappa shape index (κ1) is 17.5. The summed E-state index contributed by atoms with van der Waals surface area (Å²) < 4.78 is 26.2. The van der Waals surface area contributed by atoms with Crippen LogP contribution in [0.1, 0.15) is 5.56 Å². The fraction of sp³-hybridized carbons (Fsp3) is 0.455. The molecule has 10 heteroatoms. The Balaban J connectivity index is 3.26. The molecule has 118 valence electrons. The lowest BCUT2D eigenvalue weighted by Crippen LogP contribution is -2.56. The Morgan fingerprint density at radius 3 is 2.19 bits per heavy atom. The molecule has 0 heterocycles. The third kappa shape index (κ3) is 3.74. The molecule has 0 radical (unpaired) electrons. The molecule has 0 amide bonds. The topological polar surface area (TPSA) is 150 Å². The van der Waals surface area contributed by atoms with Crippen molar-refractivity contribution in [2.24, 2.45) is 0 Å². The second-order valence-corrected chi connectivity index (χ2v) is 6.25. The first-order valence-corrected chi connectivity index (χ1v) is 7.31. The number of aliphatic hydroxyl groups is 3. The van der Waals surface area contributed by atoms with E-state index in [1.165, 1.54) is 13.0 Å². The molecular formula is C11H16N2O7S. The molecule has 1 rings (SSSR count). The van der Waals surface area contributed by atoms with Gasteiger partial charge in [-0.15, -0.1) is 0 Å². The molecule has 0 aliphatic carbocycles. The van der Waals surface area contributed by atoms with Gasteiger partial charge in [0, 0.05) is 11.6 Å². The lowest BCUT2D eigenvalue weighted by Gasteiger charge is -2.28. The molecule has 0 spiro atoms. The molecule has 0 atom stereocenters. The van der Waals surface area contributed by atoms with Crippen molar-refractivity contribution < 1.29 is 28.7 Å². The Labute approximate surface area is 121 Å². The van der Waals surface area contributed by atoms with E-state index in [0.717, 1.165) is 12.1 Å². The fourth-order valence-electron chi connectivity index (χ4n) is 1.54. The Morgan fingerprint density at radius 1 is 1.24 bits per heavy atom. The average molecular weight is 320 g/mol. The molecule has 1 aromatic rings. The lowest BCUT2D eigenvalue weighted by atomic mass is 10.1. The summed E-state index contributed by atoms with van der Waals surface area (Å²) in [4.78, 5) is 9.71. The molecule has 1 aromatic carbocycles. The summed E-state index contributed by atoms with van der Waals surface area (Å²) >= 11 is 0. The van der Waals surface area contributed by atoms with Crippen LogP contribution in [0.25, 0.3) is 0 Å². The van der Waals surface area contributed by atoms with E-state index in [1.807, 2.05) is 4.72 Å². The first-order valence-electron chi connectivity index (χ1n) is 5.83. The van der Waals surface area contributed by atoms with Crippen LogP contribution in [0.4, 0.5) is 5.69 Å². The largest absolute Gasteiger partial charge is 0.394 e. The Morgan fingerprint density at radius 2 is 1.76 bits per heavy atom. The molecule has 4 N–H and O–H groups in total. The number of hydrogen-bond donors (Lipinski definition) is 4. The van der Waals surface area contributed by atoms with E-state index in [1.54, 1.807) is 0 Å². The summed E-state index contributed by atoms with van der Waals surface area (Å²) in [6.07, 6.45) is 0. The average Bonchev–Trinajstić information content (AvgIpc) is 2.44. The van der Waals surface area contributed by atoms with Crippen molar-refractivity contribution >= 4 is 15.7 Å². The van der Waals surface area contributed by atoms with Crippen LogP contribution < -0.4 is 4.72 Å². The molecule has 0 unspecified atom stereocenters. The van der Waals surface area contributed by atoms with E-state index in [-0.39, 0.29) is 11.3 Å². The van der Waals surface area contributed by atoms with Gasteiger partial charge in [-0.05, 0) is 13.0 Å². The van der Waals surface area contributed by atoms with E-state index < -0.39 is 45.2 Å². The van der Waals surface area contributed by atoms with Crippen LogP contribution in [-0.2, 0) is 10.0 Å². The van der Waals surface area contributed by atoms with Gasteiger partial charge in [0.05, 0.1) is 29.6 Å². The maximum atomic E-state index is 12.1. The molecule has 9 nitrogen and oxygen atoms in total. The Hall–Kier alpha value is -1.59. The van der Waals surface area contributed by atoms with Crippen molar-refractivity contribution in [1.82, 2.24) is 4.72 Å². The van der Waals surface area contributed by atoms with Crippen molar-refractivity contribution in [2.45, 2.75) is 17.4 Å². The number of nitrogens with zero attached hydrogens (tertiary/aromatic N) is 1. The zero-order valence-corrected chi connectivity index (χ0v) is 12.0. The van der Waals surface area contributed by atoms with Crippen molar-refractivity contribution in [3.63, 3.8) is 0 Å². The molecule has 0 bridgehead atoms. The van der Waals surface area contributed by atoms with Crippen LogP contribution in [0.2, 0.25) is 0 Å². The number of hydrogen-bond acceptors (Lipinski definition) is 7. The summed E-state index contributed by atoms with van der Waals surface area (Å²) in [5.41, 5.74) is -1.93. The minimum atomic E-state index is -4.26.